The Hall–Kier alpha value is -0.730. The number of thiazole rings is 1. The lowest BCUT2D eigenvalue weighted by molar-refractivity contribution is -0.120. The third kappa shape index (κ3) is 4.99. The Labute approximate surface area is 129 Å². The highest BCUT2D eigenvalue weighted by Crippen LogP contribution is 2.26. The van der Waals surface area contributed by atoms with Crippen LogP contribution < -0.4 is 5.32 Å². The number of carboxylic acids is 1. The number of hydrogen-bond donors (Lipinski definition) is 2. The second-order valence-corrected chi connectivity index (χ2v) is 7.80. The minimum atomic E-state index is -1.01. The maximum atomic E-state index is 11.8. The Morgan fingerprint density at radius 3 is 2.95 bits per heavy atom. The van der Waals surface area contributed by atoms with Gasteiger partial charge in [0.25, 0.3) is 0 Å². The first-order valence-electron chi connectivity index (χ1n) is 6.29. The van der Waals surface area contributed by atoms with Gasteiger partial charge in [0.05, 0.1) is 5.01 Å². The van der Waals surface area contributed by atoms with Gasteiger partial charge in [-0.15, -0.1) is 11.3 Å². The number of amides is 1. The number of aromatic nitrogens is 1. The number of thioether (sulfide) groups is 2. The second-order valence-electron chi connectivity index (χ2n) is 4.30. The highest BCUT2D eigenvalue weighted by Gasteiger charge is 2.17. The molecule has 0 saturated carbocycles. The maximum Gasteiger partial charge on any atom is 0.355 e. The average molecular weight is 332 g/mol. The number of carbonyl (C=O) groups excluding carboxylic acids is 1. The van der Waals surface area contributed by atoms with Gasteiger partial charge in [-0.1, -0.05) is 0 Å². The Kier molecular flexibility index (Phi) is 6.18. The van der Waals surface area contributed by atoms with Crippen molar-refractivity contribution in [3.05, 3.63) is 16.1 Å². The van der Waals surface area contributed by atoms with Crippen molar-refractivity contribution in [3.8, 4) is 0 Å². The Bertz CT molecular complexity index is 472. The SMILES string of the molecule is O=C(CC1CSCCS1)NCCc1nc(C(=O)O)cs1. The molecule has 1 saturated heterocycles. The third-order valence-electron chi connectivity index (χ3n) is 2.73. The van der Waals surface area contributed by atoms with Crippen molar-refractivity contribution in [3.63, 3.8) is 0 Å². The molecule has 0 spiro atoms. The lowest BCUT2D eigenvalue weighted by Gasteiger charge is -2.20. The Morgan fingerprint density at radius 1 is 1.45 bits per heavy atom. The van der Waals surface area contributed by atoms with E-state index < -0.39 is 5.97 Å². The van der Waals surface area contributed by atoms with E-state index in [1.54, 1.807) is 0 Å². The van der Waals surface area contributed by atoms with Crippen molar-refractivity contribution in [1.29, 1.82) is 0 Å². The van der Waals surface area contributed by atoms with Crippen LogP contribution in [0.25, 0.3) is 0 Å². The highest BCUT2D eigenvalue weighted by molar-refractivity contribution is 8.06. The molecule has 5 nitrogen and oxygen atoms in total. The van der Waals surface area contributed by atoms with Gasteiger partial charge in [-0.2, -0.15) is 23.5 Å². The van der Waals surface area contributed by atoms with Crippen molar-refractivity contribution < 1.29 is 14.7 Å². The molecular formula is C12H16N2O3S3. The molecule has 110 valence electrons. The monoisotopic (exact) mass is 332 g/mol. The van der Waals surface area contributed by atoms with Gasteiger partial charge in [0.15, 0.2) is 5.69 Å². The minimum Gasteiger partial charge on any atom is -0.476 e. The molecule has 0 aliphatic carbocycles. The molecule has 0 radical (unpaired) electrons. The van der Waals surface area contributed by atoms with E-state index in [1.807, 2.05) is 23.5 Å². The topological polar surface area (TPSA) is 79.3 Å². The van der Waals surface area contributed by atoms with Gasteiger partial charge in [-0.3, -0.25) is 4.79 Å². The van der Waals surface area contributed by atoms with Gasteiger partial charge < -0.3 is 10.4 Å². The summed E-state index contributed by atoms with van der Waals surface area (Å²) in [5.74, 6) is 2.41. The van der Waals surface area contributed by atoms with E-state index in [-0.39, 0.29) is 11.6 Å². The van der Waals surface area contributed by atoms with Gasteiger partial charge in [0.1, 0.15) is 0 Å². The summed E-state index contributed by atoms with van der Waals surface area (Å²) in [5, 5.41) is 14.3. The number of carbonyl (C=O) groups is 2. The molecule has 1 fully saturated rings. The normalized spacial score (nSPS) is 18.7. The molecule has 1 aliphatic rings. The quantitative estimate of drug-likeness (QED) is 0.826. The van der Waals surface area contributed by atoms with E-state index in [9.17, 15) is 9.59 Å². The molecule has 1 aliphatic heterocycles. The van der Waals surface area contributed by atoms with Crippen LogP contribution in [0.2, 0.25) is 0 Å². The standard InChI is InChI=1S/C12H16N2O3S3/c15-10(5-8-6-18-3-4-19-8)13-2-1-11-14-9(7-20-11)12(16)17/h7-8H,1-6H2,(H,13,15)(H,16,17). The molecule has 20 heavy (non-hydrogen) atoms. The molecule has 1 aromatic rings. The fraction of sp³-hybridized carbons (Fsp3) is 0.583. The van der Waals surface area contributed by atoms with Gasteiger partial charge in [0.2, 0.25) is 5.91 Å². The molecule has 0 bridgehead atoms. The van der Waals surface area contributed by atoms with Gasteiger partial charge in [-0.05, 0) is 0 Å². The first-order valence-corrected chi connectivity index (χ1v) is 9.37. The van der Waals surface area contributed by atoms with E-state index in [1.165, 1.54) is 22.5 Å². The molecule has 2 rings (SSSR count). The third-order valence-corrected chi connectivity index (χ3v) is 6.48. The summed E-state index contributed by atoms with van der Waals surface area (Å²) >= 11 is 5.09. The van der Waals surface area contributed by atoms with Crippen molar-refractivity contribution in [1.82, 2.24) is 10.3 Å². The van der Waals surface area contributed by atoms with E-state index in [2.05, 4.69) is 10.3 Å². The number of nitrogens with zero attached hydrogens (tertiary/aromatic N) is 1. The van der Waals surface area contributed by atoms with Crippen molar-refractivity contribution in [2.24, 2.45) is 0 Å². The van der Waals surface area contributed by atoms with Crippen LogP contribution in [0.4, 0.5) is 0 Å². The number of carboxylic acid groups (broad SMARTS) is 1. The molecule has 0 aromatic carbocycles. The summed E-state index contributed by atoms with van der Waals surface area (Å²) in [6.45, 7) is 0.510. The lowest BCUT2D eigenvalue weighted by Crippen LogP contribution is -2.30. The largest absolute Gasteiger partial charge is 0.476 e. The van der Waals surface area contributed by atoms with E-state index >= 15 is 0 Å². The van der Waals surface area contributed by atoms with Crippen LogP contribution in [0.1, 0.15) is 21.9 Å². The smallest absolute Gasteiger partial charge is 0.355 e. The lowest BCUT2D eigenvalue weighted by atomic mass is 10.3. The van der Waals surface area contributed by atoms with Crippen molar-refractivity contribution in [2.75, 3.05) is 23.8 Å². The van der Waals surface area contributed by atoms with E-state index in [4.69, 9.17) is 5.11 Å². The molecule has 1 atom stereocenters. The van der Waals surface area contributed by atoms with Gasteiger partial charge in [-0.25, -0.2) is 9.78 Å². The van der Waals surface area contributed by atoms with E-state index in [0.29, 0.717) is 24.6 Å². The summed E-state index contributed by atoms with van der Waals surface area (Å²) in [5.41, 5.74) is 0.0759. The van der Waals surface area contributed by atoms with Crippen molar-refractivity contribution in [2.45, 2.75) is 18.1 Å². The van der Waals surface area contributed by atoms with Gasteiger partial charge in [0, 0.05) is 47.3 Å². The molecule has 2 heterocycles. The fourth-order valence-electron chi connectivity index (χ4n) is 1.77. The van der Waals surface area contributed by atoms with Crippen LogP contribution in [0.3, 0.4) is 0 Å². The van der Waals surface area contributed by atoms with Crippen LogP contribution in [0, 0.1) is 0 Å². The molecule has 8 heteroatoms. The summed E-state index contributed by atoms with van der Waals surface area (Å²) in [7, 11) is 0. The van der Waals surface area contributed by atoms with Crippen LogP contribution in [-0.4, -0.2) is 51.0 Å². The van der Waals surface area contributed by atoms with Crippen LogP contribution in [0.15, 0.2) is 5.38 Å². The number of aromatic carboxylic acids is 1. The fourth-order valence-corrected chi connectivity index (χ4v) is 5.22. The molecular weight excluding hydrogens is 316 g/mol. The van der Waals surface area contributed by atoms with Crippen LogP contribution >= 0.6 is 34.9 Å². The van der Waals surface area contributed by atoms with Gasteiger partial charge >= 0.3 is 5.97 Å². The first-order chi connectivity index (χ1) is 9.65. The zero-order chi connectivity index (χ0) is 14.4. The van der Waals surface area contributed by atoms with Crippen LogP contribution in [0.5, 0.6) is 0 Å². The zero-order valence-corrected chi connectivity index (χ0v) is 13.3. The highest BCUT2D eigenvalue weighted by atomic mass is 32.2. The molecule has 1 unspecified atom stereocenters. The summed E-state index contributed by atoms with van der Waals surface area (Å²) in [6, 6.07) is 0. The number of hydrogen-bond acceptors (Lipinski definition) is 6. The minimum absolute atomic E-state index is 0.0695. The second kappa shape index (κ2) is 7.90. The summed E-state index contributed by atoms with van der Waals surface area (Å²) in [4.78, 5) is 26.4. The van der Waals surface area contributed by atoms with Crippen molar-refractivity contribution >= 4 is 46.7 Å². The summed E-state index contributed by atoms with van der Waals surface area (Å²) < 4.78 is 0. The number of nitrogens with one attached hydrogen (secondary N) is 1. The molecule has 2 N–H and O–H groups in total. The Morgan fingerprint density at radius 2 is 2.30 bits per heavy atom. The molecule has 1 amide bonds. The summed E-state index contributed by atoms with van der Waals surface area (Å²) in [6.07, 6.45) is 1.14. The predicted molar refractivity (Wildman–Crippen MR) is 84.0 cm³/mol. The zero-order valence-electron chi connectivity index (χ0n) is 10.8. The maximum absolute atomic E-state index is 11.8. The predicted octanol–water partition coefficient (Wildman–Crippen LogP) is 1.74. The van der Waals surface area contributed by atoms with E-state index in [0.717, 1.165) is 16.5 Å². The molecule has 1 aromatic heterocycles. The van der Waals surface area contributed by atoms with Crippen LogP contribution in [-0.2, 0) is 11.2 Å². The first kappa shape index (κ1) is 15.7. The average Bonchev–Trinajstić information content (AvgIpc) is 2.89. The number of rotatable bonds is 6. The Balaban J connectivity index is 1.66.